The number of hydrogen-bond acceptors (Lipinski definition) is 4. The molecule has 0 spiro atoms. The molecular weight excluding hydrogens is 268 g/mol. The Bertz CT molecular complexity index is 592. The summed E-state index contributed by atoms with van der Waals surface area (Å²) in [7, 11) is -3.81. The Morgan fingerprint density at radius 1 is 1.47 bits per heavy atom. The smallest absolute Gasteiger partial charge is 0.251 e. The van der Waals surface area contributed by atoms with Crippen molar-refractivity contribution in [1.82, 2.24) is 5.32 Å². The first-order valence-electron chi connectivity index (χ1n) is 5.90. The van der Waals surface area contributed by atoms with Crippen molar-refractivity contribution in [3.05, 3.63) is 29.3 Å². The largest absolute Gasteiger partial charge is 0.379 e. The van der Waals surface area contributed by atoms with Gasteiger partial charge in [0.2, 0.25) is 10.0 Å². The first kappa shape index (κ1) is 14.0. The summed E-state index contributed by atoms with van der Waals surface area (Å²) in [5, 5.41) is 7.88. The molecule has 1 heterocycles. The normalized spacial score (nSPS) is 19.4. The summed E-state index contributed by atoms with van der Waals surface area (Å²) in [5.74, 6) is -0.307. The Morgan fingerprint density at radius 2 is 2.21 bits per heavy atom. The summed E-state index contributed by atoms with van der Waals surface area (Å²) in [6.07, 6.45) is 0.764. The van der Waals surface area contributed by atoms with E-state index in [1.54, 1.807) is 13.0 Å². The van der Waals surface area contributed by atoms with Gasteiger partial charge in [-0.2, -0.15) is 0 Å². The van der Waals surface area contributed by atoms with Crippen molar-refractivity contribution in [3.63, 3.8) is 0 Å². The van der Waals surface area contributed by atoms with Gasteiger partial charge < -0.3 is 10.1 Å². The van der Waals surface area contributed by atoms with Crippen molar-refractivity contribution in [2.45, 2.75) is 24.3 Å². The van der Waals surface area contributed by atoms with Gasteiger partial charge in [-0.15, -0.1) is 0 Å². The molecule has 6 nitrogen and oxygen atoms in total. The third kappa shape index (κ3) is 3.31. The van der Waals surface area contributed by atoms with Crippen LogP contribution in [0, 0.1) is 6.92 Å². The molecule has 0 aromatic heterocycles. The number of nitrogens with two attached hydrogens (primary N) is 1. The minimum absolute atomic E-state index is 0.0231. The molecule has 1 fully saturated rings. The summed E-state index contributed by atoms with van der Waals surface area (Å²) in [6, 6.07) is 4.24. The third-order valence-electron chi connectivity index (χ3n) is 3.05. The molecule has 1 aliphatic heterocycles. The van der Waals surface area contributed by atoms with Crippen LogP contribution >= 0.6 is 0 Å². The standard InChI is InChI=1S/C12H16N2O4S/c1-8-2-3-10(19(13,16)17)6-11(8)12(15)14-9-4-5-18-7-9/h2-3,6,9H,4-5,7H2,1H3,(H,14,15)(H2,13,16,17). The van der Waals surface area contributed by atoms with Crippen LogP contribution in [0.1, 0.15) is 22.3 Å². The molecule has 1 aromatic carbocycles. The van der Waals surface area contributed by atoms with Crippen molar-refractivity contribution < 1.29 is 17.9 Å². The highest BCUT2D eigenvalue weighted by Crippen LogP contribution is 2.15. The quantitative estimate of drug-likeness (QED) is 0.826. The number of carbonyl (C=O) groups is 1. The average Bonchev–Trinajstić information content (AvgIpc) is 2.80. The van der Waals surface area contributed by atoms with E-state index in [-0.39, 0.29) is 16.8 Å². The lowest BCUT2D eigenvalue weighted by atomic mass is 10.1. The molecule has 1 aromatic rings. The number of rotatable bonds is 3. The SMILES string of the molecule is Cc1ccc(S(N)(=O)=O)cc1C(=O)NC1CCOC1. The van der Waals surface area contributed by atoms with Crippen LogP contribution in [0.25, 0.3) is 0 Å². The molecule has 1 unspecified atom stereocenters. The molecule has 3 N–H and O–H groups in total. The summed E-state index contributed by atoms with van der Waals surface area (Å²) < 4.78 is 27.8. The van der Waals surface area contributed by atoms with Crippen LogP contribution in [0.3, 0.4) is 0 Å². The molecule has 0 bridgehead atoms. The average molecular weight is 284 g/mol. The van der Waals surface area contributed by atoms with Crippen LogP contribution in [0.15, 0.2) is 23.1 Å². The van der Waals surface area contributed by atoms with Gasteiger partial charge in [0.25, 0.3) is 5.91 Å². The van der Waals surface area contributed by atoms with Gasteiger partial charge in [0.15, 0.2) is 0 Å². The fraction of sp³-hybridized carbons (Fsp3) is 0.417. The Morgan fingerprint density at radius 3 is 2.79 bits per heavy atom. The van der Waals surface area contributed by atoms with Gasteiger partial charge in [0.05, 0.1) is 17.5 Å². The van der Waals surface area contributed by atoms with E-state index in [9.17, 15) is 13.2 Å². The number of hydrogen-bond donors (Lipinski definition) is 2. The lowest BCUT2D eigenvalue weighted by molar-refractivity contribution is 0.0929. The fourth-order valence-electron chi connectivity index (χ4n) is 1.93. The van der Waals surface area contributed by atoms with E-state index in [0.29, 0.717) is 24.3 Å². The van der Waals surface area contributed by atoms with Crippen LogP contribution in [-0.2, 0) is 14.8 Å². The zero-order chi connectivity index (χ0) is 14.0. The molecule has 1 amide bonds. The third-order valence-corrected chi connectivity index (χ3v) is 3.96. The van der Waals surface area contributed by atoms with Crippen LogP contribution in [-0.4, -0.2) is 33.6 Å². The van der Waals surface area contributed by atoms with Gasteiger partial charge >= 0.3 is 0 Å². The number of benzene rings is 1. The first-order chi connectivity index (χ1) is 8.88. The van der Waals surface area contributed by atoms with Crippen LogP contribution in [0.4, 0.5) is 0 Å². The molecule has 2 rings (SSSR count). The molecule has 0 aliphatic carbocycles. The lowest BCUT2D eigenvalue weighted by Crippen LogP contribution is -2.35. The van der Waals surface area contributed by atoms with E-state index in [1.165, 1.54) is 12.1 Å². The number of ether oxygens (including phenoxy) is 1. The maximum absolute atomic E-state index is 12.1. The Labute approximate surface area is 112 Å². The highest BCUT2D eigenvalue weighted by molar-refractivity contribution is 7.89. The van der Waals surface area contributed by atoms with Gasteiger partial charge in [-0.3, -0.25) is 4.79 Å². The second-order valence-corrected chi connectivity index (χ2v) is 6.12. The number of primary sulfonamides is 1. The predicted molar refractivity (Wildman–Crippen MR) is 69.2 cm³/mol. The number of aryl methyl sites for hydroxylation is 1. The van der Waals surface area contributed by atoms with Gasteiger partial charge in [-0.1, -0.05) is 6.07 Å². The number of carbonyl (C=O) groups excluding carboxylic acids is 1. The summed E-state index contributed by atoms with van der Waals surface area (Å²) in [5.41, 5.74) is 1.02. The minimum atomic E-state index is -3.81. The summed E-state index contributed by atoms with van der Waals surface area (Å²) in [4.78, 5) is 12.0. The monoisotopic (exact) mass is 284 g/mol. The van der Waals surface area contributed by atoms with Gasteiger partial charge in [-0.25, -0.2) is 13.6 Å². The molecule has 104 valence electrons. The number of sulfonamides is 1. The summed E-state index contributed by atoms with van der Waals surface area (Å²) in [6.45, 7) is 2.85. The second-order valence-electron chi connectivity index (χ2n) is 4.56. The van der Waals surface area contributed by atoms with Crippen molar-refractivity contribution in [3.8, 4) is 0 Å². The van der Waals surface area contributed by atoms with Crippen molar-refractivity contribution in [1.29, 1.82) is 0 Å². The van der Waals surface area contributed by atoms with E-state index in [1.807, 2.05) is 0 Å². The maximum atomic E-state index is 12.1. The van der Waals surface area contributed by atoms with E-state index < -0.39 is 10.0 Å². The number of amides is 1. The zero-order valence-electron chi connectivity index (χ0n) is 10.5. The van der Waals surface area contributed by atoms with Gasteiger partial charge in [-0.05, 0) is 31.0 Å². The highest BCUT2D eigenvalue weighted by Gasteiger charge is 2.20. The predicted octanol–water partition coefficient (Wildman–Crippen LogP) is 0.161. The van der Waals surface area contributed by atoms with Crippen LogP contribution in [0.5, 0.6) is 0 Å². The highest BCUT2D eigenvalue weighted by atomic mass is 32.2. The van der Waals surface area contributed by atoms with Crippen LogP contribution in [0.2, 0.25) is 0 Å². The van der Waals surface area contributed by atoms with E-state index >= 15 is 0 Å². The molecule has 7 heteroatoms. The Kier molecular flexibility index (Phi) is 3.88. The van der Waals surface area contributed by atoms with Crippen molar-refractivity contribution in [2.75, 3.05) is 13.2 Å². The van der Waals surface area contributed by atoms with E-state index in [2.05, 4.69) is 5.32 Å². The zero-order valence-corrected chi connectivity index (χ0v) is 11.4. The minimum Gasteiger partial charge on any atom is -0.379 e. The molecule has 19 heavy (non-hydrogen) atoms. The van der Waals surface area contributed by atoms with E-state index in [4.69, 9.17) is 9.88 Å². The van der Waals surface area contributed by atoms with Gasteiger partial charge in [0, 0.05) is 12.2 Å². The van der Waals surface area contributed by atoms with Crippen LogP contribution < -0.4 is 10.5 Å². The van der Waals surface area contributed by atoms with E-state index in [0.717, 1.165) is 6.42 Å². The molecule has 1 atom stereocenters. The fourth-order valence-corrected chi connectivity index (χ4v) is 2.47. The molecule has 1 saturated heterocycles. The van der Waals surface area contributed by atoms with Crippen molar-refractivity contribution >= 4 is 15.9 Å². The maximum Gasteiger partial charge on any atom is 0.251 e. The molecule has 0 saturated carbocycles. The molecule has 1 aliphatic rings. The molecule has 0 radical (unpaired) electrons. The van der Waals surface area contributed by atoms with Crippen molar-refractivity contribution in [2.24, 2.45) is 5.14 Å². The Hall–Kier alpha value is -1.44. The number of nitrogens with one attached hydrogen (secondary N) is 1. The Balaban J connectivity index is 2.25. The lowest BCUT2D eigenvalue weighted by Gasteiger charge is -2.12. The molecular formula is C12H16N2O4S. The first-order valence-corrected chi connectivity index (χ1v) is 7.44. The second kappa shape index (κ2) is 5.28. The van der Waals surface area contributed by atoms with Gasteiger partial charge in [0.1, 0.15) is 0 Å². The topological polar surface area (TPSA) is 98.5 Å². The summed E-state index contributed by atoms with van der Waals surface area (Å²) >= 11 is 0.